The predicted molar refractivity (Wildman–Crippen MR) is 102 cm³/mol. The van der Waals surface area contributed by atoms with Crippen LogP contribution in [0.25, 0.3) is 11.0 Å². The molecule has 0 aliphatic carbocycles. The monoisotopic (exact) mass is 367 g/mol. The van der Waals surface area contributed by atoms with E-state index in [0.29, 0.717) is 11.1 Å². The van der Waals surface area contributed by atoms with E-state index in [4.69, 9.17) is 4.74 Å². The number of benzene rings is 1. The highest BCUT2D eigenvalue weighted by molar-refractivity contribution is 5.92. The molecule has 7 heteroatoms. The highest BCUT2D eigenvalue weighted by atomic mass is 16.5. The Morgan fingerprint density at radius 1 is 1.19 bits per heavy atom. The number of piperidine rings is 1. The van der Waals surface area contributed by atoms with Crippen molar-refractivity contribution in [2.75, 3.05) is 37.6 Å². The summed E-state index contributed by atoms with van der Waals surface area (Å²) in [6, 6.07) is 6.00. The van der Waals surface area contributed by atoms with Crippen molar-refractivity contribution >= 4 is 16.7 Å². The number of hydrogen-bond acceptors (Lipinski definition) is 7. The SMILES string of the molecule is C[C@@H]1CN(c2ccc(C#N)c3nccnc23)C[C@H](CN2CCC(O)CC2)O1. The molecule has 2 atom stereocenters. The maximum atomic E-state index is 9.71. The highest BCUT2D eigenvalue weighted by Gasteiger charge is 2.29. The van der Waals surface area contributed by atoms with E-state index in [-0.39, 0.29) is 18.3 Å². The number of fused-ring (bicyclic) bond motifs is 1. The number of ether oxygens (including phenoxy) is 1. The Morgan fingerprint density at radius 3 is 2.67 bits per heavy atom. The second kappa shape index (κ2) is 7.77. The molecule has 0 spiro atoms. The van der Waals surface area contributed by atoms with Crippen LogP contribution in [-0.2, 0) is 4.74 Å². The summed E-state index contributed by atoms with van der Waals surface area (Å²) >= 11 is 0. The molecule has 0 amide bonds. The van der Waals surface area contributed by atoms with E-state index in [1.807, 2.05) is 12.1 Å². The number of rotatable bonds is 3. The molecule has 2 saturated heterocycles. The first-order valence-electron chi connectivity index (χ1n) is 9.58. The fourth-order valence-corrected chi connectivity index (χ4v) is 4.12. The van der Waals surface area contributed by atoms with Crippen molar-refractivity contribution in [1.82, 2.24) is 14.9 Å². The largest absolute Gasteiger partial charge is 0.393 e. The van der Waals surface area contributed by atoms with Crippen molar-refractivity contribution in [2.24, 2.45) is 0 Å². The van der Waals surface area contributed by atoms with Gasteiger partial charge in [0.05, 0.1) is 29.6 Å². The zero-order valence-electron chi connectivity index (χ0n) is 15.6. The van der Waals surface area contributed by atoms with Crippen molar-refractivity contribution in [3.8, 4) is 6.07 Å². The predicted octanol–water partition coefficient (Wildman–Crippen LogP) is 1.55. The molecule has 4 rings (SSSR count). The standard InChI is InChI=1S/C20H25N5O2/c1-14-11-25(13-17(27-14)12-24-8-4-16(26)5-9-24)18-3-2-15(10-21)19-20(18)23-7-6-22-19/h2-3,6-7,14,16-17,26H,4-5,8-9,11-13H2,1H3/t14-,17+/m1/s1. The molecule has 0 unspecified atom stereocenters. The molecule has 2 aromatic rings. The molecule has 1 N–H and O–H groups in total. The van der Waals surface area contributed by atoms with Gasteiger partial charge in [0.25, 0.3) is 0 Å². The van der Waals surface area contributed by atoms with Crippen LogP contribution >= 0.6 is 0 Å². The van der Waals surface area contributed by atoms with Gasteiger partial charge >= 0.3 is 0 Å². The summed E-state index contributed by atoms with van der Waals surface area (Å²) in [5.41, 5.74) is 2.97. The number of hydrogen-bond donors (Lipinski definition) is 1. The summed E-state index contributed by atoms with van der Waals surface area (Å²) in [6.45, 7) is 6.36. The van der Waals surface area contributed by atoms with Crippen LogP contribution in [0.2, 0.25) is 0 Å². The molecule has 27 heavy (non-hydrogen) atoms. The van der Waals surface area contributed by atoms with Crippen molar-refractivity contribution < 1.29 is 9.84 Å². The van der Waals surface area contributed by atoms with Crippen LogP contribution in [0, 0.1) is 11.3 Å². The molecular formula is C20H25N5O2. The second-order valence-corrected chi connectivity index (χ2v) is 7.50. The average Bonchev–Trinajstić information content (AvgIpc) is 2.68. The fraction of sp³-hybridized carbons (Fsp3) is 0.550. The molecule has 1 aromatic heterocycles. The Labute approximate surface area is 159 Å². The van der Waals surface area contributed by atoms with Crippen LogP contribution in [0.1, 0.15) is 25.3 Å². The summed E-state index contributed by atoms with van der Waals surface area (Å²) in [6.07, 6.45) is 5.03. The van der Waals surface area contributed by atoms with Gasteiger partial charge in [-0.2, -0.15) is 5.26 Å². The molecule has 0 radical (unpaired) electrons. The van der Waals surface area contributed by atoms with Gasteiger partial charge in [0.2, 0.25) is 0 Å². The number of aromatic nitrogens is 2. The van der Waals surface area contributed by atoms with Gasteiger partial charge in [0, 0.05) is 45.1 Å². The Bertz CT molecular complexity index is 844. The molecule has 3 heterocycles. The number of anilines is 1. The van der Waals surface area contributed by atoms with Crippen molar-refractivity contribution in [3.63, 3.8) is 0 Å². The van der Waals surface area contributed by atoms with E-state index in [9.17, 15) is 10.4 Å². The summed E-state index contributed by atoms with van der Waals surface area (Å²) in [4.78, 5) is 13.6. The molecule has 2 aliphatic rings. The Balaban J connectivity index is 1.55. The number of nitriles is 1. The van der Waals surface area contributed by atoms with Crippen LogP contribution in [0.3, 0.4) is 0 Å². The maximum Gasteiger partial charge on any atom is 0.113 e. The first-order valence-corrected chi connectivity index (χ1v) is 9.58. The molecule has 2 fully saturated rings. The minimum absolute atomic E-state index is 0.103. The third-order valence-corrected chi connectivity index (χ3v) is 5.41. The first kappa shape index (κ1) is 18.1. The zero-order chi connectivity index (χ0) is 18.8. The van der Waals surface area contributed by atoms with Crippen molar-refractivity contribution in [2.45, 2.75) is 38.1 Å². The molecule has 0 saturated carbocycles. The quantitative estimate of drug-likeness (QED) is 0.881. The Morgan fingerprint density at radius 2 is 1.93 bits per heavy atom. The Kier molecular flexibility index (Phi) is 5.21. The van der Waals surface area contributed by atoms with Gasteiger partial charge in [-0.05, 0) is 31.9 Å². The van der Waals surface area contributed by atoms with Crippen LogP contribution in [0.5, 0.6) is 0 Å². The van der Waals surface area contributed by atoms with E-state index in [2.05, 4.69) is 32.8 Å². The lowest BCUT2D eigenvalue weighted by Gasteiger charge is -2.41. The van der Waals surface area contributed by atoms with Gasteiger partial charge in [0.15, 0.2) is 0 Å². The van der Waals surface area contributed by atoms with Crippen molar-refractivity contribution in [3.05, 3.63) is 30.1 Å². The Hall–Kier alpha value is -2.27. The zero-order valence-corrected chi connectivity index (χ0v) is 15.6. The van der Waals surface area contributed by atoms with Gasteiger partial charge in [0.1, 0.15) is 17.1 Å². The van der Waals surface area contributed by atoms with Crippen LogP contribution in [-0.4, -0.2) is 71.0 Å². The minimum Gasteiger partial charge on any atom is -0.393 e. The van der Waals surface area contributed by atoms with Crippen LogP contribution < -0.4 is 4.90 Å². The molecule has 142 valence electrons. The van der Waals surface area contributed by atoms with Gasteiger partial charge in [-0.15, -0.1) is 0 Å². The number of nitrogens with zero attached hydrogens (tertiary/aromatic N) is 5. The summed E-state index contributed by atoms with van der Waals surface area (Å²) in [5.74, 6) is 0. The van der Waals surface area contributed by atoms with Gasteiger partial charge in [-0.1, -0.05) is 0 Å². The molecule has 7 nitrogen and oxygen atoms in total. The second-order valence-electron chi connectivity index (χ2n) is 7.50. The molecule has 2 aliphatic heterocycles. The lowest BCUT2D eigenvalue weighted by atomic mass is 10.1. The van der Waals surface area contributed by atoms with E-state index in [0.717, 1.165) is 56.8 Å². The fourth-order valence-electron chi connectivity index (χ4n) is 4.12. The maximum absolute atomic E-state index is 9.71. The lowest BCUT2D eigenvalue weighted by Crippen LogP contribution is -2.52. The van der Waals surface area contributed by atoms with Crippen molar-refractivity contribution in [1.29, 1.82) is 5.26 Å². The van der Waals surface area contributed by atoms with Gasteiger partial charge < -0.3 is 19.6 Å². The molecule has 1 aromatic carbocycles. The van der Waals surface area contributed by atoms with E-state index in [1.165, 1.54) is 0 Å². The van der Waals surface area contributed by atoms with E-state index >= 15 is 0 Å². The lowest BCUT2D eigenvalue weighted by molar-refractivity contribution is -0.0397. The number of aliphatic hydroxyl groups excluding tert-OH is 1. The molecule has 0 bridgehead atoms. The summed E-state index contributed by atoms with van der Waals surface area (Å²) < 4.78 is 6.19. The first-order chi connectivity index (χ1) is 13.1. The van der Waals surface area contributed by atoms with Gasteiger partial charge in [-0.25, -0.2) is 0 Å². The topological polar surface area (TPSA) is 85.5 Å². The summed E-state index contributed by atoms with van der Waals surface area (Å²) in [5, 5.41) is 19.1. The normalized spacial score (nSPS) is 24.9. The highest BCUT2D eigenvalue weighted by Crippen LogP contribution is 2.29. The number of aliphatic hydroxyl groups is 1. The van der Waals surface area contributed by atoms with E-state index < -0.39 is 0 Å². The van der Waals surface area contributed by atoms with Crippen LogP contribution in [0.4, 0.5) is 5.69 Å². The van der Waals surface area contributed by atoms with Gasteiger partial charge in [-0.3, -0.25) is 9.97 Å². The third-order valence-electron chi connectivity index (χ3n) is 5.41. The third kappa shape index (κ3) is 3.88. The average molecular weight is 367 g/mol. The summed E-state index contributed by atoms with van der Waals surface area (Å²) in [7, 11) is 0. The molecular weight excluding hydrogens is 342 g/mol. The minimum atomic E-state index is -0.160. The smallest absolute Gasteiger partial charge is 0.113 e. The van der Waals surface area contributed by atoms with E-state index in [1.54, 1.807) is 12.4 Å². The number of likely N-dealkylation sites (tertiary alicyclic amines) is 1. The number of morpholine rings is 1. The van der Waals surface area contributed by atoms with Crippen LogP contribution in [0.15, 0.2) is 24.5 Å².